The summed E-state index contributed by atoms with van der Waals surface area (Å²) in [6.45, 7) is 1.02. The Bertz CT molecular complexity index is 610. The molecule has 1 unspecified atom stereocenters. The number of ether oxygens (including phenoxy) is 3. The standard InChI is InChI=1S/C18H21ClO5/c19-12-3-1-11(2-4-12)18(22-7-8-23-18)6-5-13-14-9-17(21)24-16(14)10-15(13)20/h1-6,13-17,20-21H,7-10H2/b6-5+/t13-,14-,15-,16+,17?/m1/s1. The first-order valence-electron chi connectivity index (χ1n) is 8.32. The fourth-order valence-corrected chi connectivity index (χ4v) is 4.16. The third-order valence-corrected chi connectivity index (χ3v) is 5.45. The molecule has 2 heterocycles. The molecule has 0 bridgehead atoms. The fraction of sp³-hybridized carbons (Fsp3) is 0.556. The molecular weight excluding hydrogens is 332 g/mol. The molecule has 4 rings (SSSR count). The molecule has 3 fully saturated rings. The SMILES string of the molecule is OC1C[C@@H]2[C@@H](/C=C/C3(c4ccc(Cl)cc4)OCCO3)[C@H](O)C[C@@H]2O1. The maximum atomic E-state index is 10.3. The van der Waals surface area contributed by atoms with Gasteiger partial charge in [0.1, 0.15) is 0 Å². The Morgan fingerprint density at radius 2 is 1.79 bits per heavy atom. The van der Waals surface area contributed by atoms with Gasteiger partial charge in [-0.25, -0.2) is 0 Å². The van der Waals surface area contributed by atoms with E-state index in [-0.39, 0.29) is 17.9 Å². The molecule has 2 N–H and O–H groups in total. The topological polar surface area (TPSA) is 68.2 Å². The number of aliphatic hydroxyl groups excluding tert-OH is 2. The predicted octanol–water partition coefficient (Wildman–Crippen LogP) is 2.20. The molecule has 2 aliphatic heterocycles. The highest BCUT2D eigenvalue weighted by Gasteiger charge is 2.48. The lowest BCUT2D eigenvalue weighted by molar-refractivity contribution is -0.123. The number of fused-ring (bicyclic) bond motifs is 1. The molecule has 2 saturated heterocycles. The monoisotopic (exact) mass is 352 g/mol. The van der Waals surface area contributed by atoms with E-state index in [1.54, 1.807) is 12.1 Å². The van der Waals surface area contributed by atoms with Crippen molar-refractivity contribution in [1.29, 1.82) is 0 Å². The van der Waals surface area contributed by atoms with Gasteiger partial charge in [-0.05, 0) is 24.1 Å². The van der Waals surface area contributed by atoms with Crippen molar-refractivity contribution >= 4 is 11.6 Å². The number of halogens is 1. The summed E-state index contributed by atoms with van der Waals surface area (Å²) in [5.74, 6) is -0.903. The van der Waals surface area contributed by atoms with E-state index in [2.05, 4.69) is 0 Å². The quantitative estimate of drug-likeness (QED) is 0.816. The summed E-state index contributed by atoms with van der Waals surface area (Å²) in [7, 11) is 0. The van der Waals surface area contributed by atoms with Crippen LogP contribution in [0.2, 0.25) is 5.02 Å². The highest BCUT2D eigenvalue weighted by atomic mass is 35.5. The summed E-state index contributed by atoms with van der Waals surface area (Å²) in [5, 5.41) is 20.7. The van der Waals surface area contributed by atoms with Crippen molar-refractivity contribution in [3.05, 3.63) is 47.0 Å². The average molecular weight is 353 g/mol. The Kier molecular flexibility index (Phi) is 4.41. The van der Waals surface area contributed by atoms with E-state index in [1.165, 1.54) is 0 Å². The van der Waals surface area contributed by atoms with E-state index in [4.69, 9.17) is 25.8 Å². The van der Waals surface area contributed by atoms with Gasteiger partial charge in [0.25, 0.3) is 0 Å². The molecule has 0 aromatic heterocycles. The summed E-state index contributed by atoms with van der Waals surface area (Å²) in [5.41, 5.74) is 0.868. The summed E-state index contributed by atoms with van der Waals surface area (Å²) >= 11 is 5.97. The minimum absolute atomic E-state index is 0.0795. The van der Waals surface area contributed by atoms with E-state index in [9.17, 15) is 10.2 Å². The Balaban J connectivity index is 1.59. The Hall–Kier alpha value is -0.950. The van der Waals surface area contributed by atoms with Crippen LogP contribution in [0.5, 0.6) is 0 Å². The Morgan fingerprint density at radius 1 is 1.08 bits per heavy atom. The number of hydrogen-bond donors (Lipinski definition) is 2. The molecule has 6 heteroatoms. The van der Waals surface area contributed by atoms with Gasteiger partial charge in [-0.15, -0.1) is 0 Å². The summed E-state index contributed by atoms with van der Waals surface area (Å²) in [4.78, 5) is 0. The smallest absolute Gasteiger partial charge is 0.215 e. The molecular formula is C18H21ClO5. The zero-order chi connectivity index (χ0) is 16.7. The lowest BCUT2D eigenvalue weighted by Crippen LogP contribution is -2.26. The van der Waals surface area contributed by atoms with Crippen molar-refractivity contribution in [2.45, 2.75) is 37.1 Å². The average Bonchev–Trinajstić information content (AvgIpc) is 3.22. The highest BCUT2D eigenvalue weighted by molar-refractivity contribution is 6.30. The minimum Gasteiger partial charge on any atom is -0.392 e. The second-order valence-electron chi connectivity index (χ2n) is 6.64. The summed E-state index contributed by atoms with van der Waals surface area (Å²) in [6.07, 6.45) is 3.64. The number of hydrogen-bond acceptors (Lipinski definition) is 5. The molecule has 0 radical (unpaired) electrons. The Morgan fingerprint density at radius 3 is 2.50 bits per heavy atom. The van der Waals surface area contributed by atoms with E-state index in [0.717, 1.165) is 5.56 Å². The molecule has 0 amide bonds. The van der Waals surface area contributed by atoms with Gasteiger partial charge >= 0.3 is 0 Å². The first kappa shape index (κ1) is 16.5. The predicted molar refractivity (Wildman–Crippen MR) is 87.3 cm³/mol. The van der Waals surface area contributed by atoms with Crippen molar-refractivity contribution in [2.75, 3.05) is 13.2 Å². The first-order valence-corrected chi connectivity index (χ1v) is 8.70. The van der Waals surface area contributed by atoms with Crippen LogP contribution in [0.4, 0.5) is 0 Å². The zero-order valence-electron chi connectivity index (χ0n) is 13.2. The van der Waals surface area contributed by atoms with Crippen LogP contribution < -0.4 is 0 Å². The van der Waals surface area contributed by atoms with E-state index < -0.39 is 18.2 Å². The molecule has 1 aromatic rings. The highest BCUT2D eigenvalue weighted by Crippen LogP contribution is 2.44. The van der Waals surface area contributed by atoms with Crippen molar-refractivity contribution in [3.8, 4) is 0 Å². The van der Waals surface area contributed by atoms with E-state index in [0.29, 0.717) is 31.1 Å². The molecule has 1 aromatic carbocycles. The van der Waals surface area contributed by atoms with Crippen LogP contribution in [0.25, 0.3) is 0 Å². The van der Waals surface area contributed by atoms with E-state index >= 15 is 0 Å². The van der Waals surface area contributed by atoms with Crippen LogP contribution in [0.3, 0.4) is 0 Å². The second kappa shape index (κ2) is 6.41. The lowest BCUT2D eigenvalue weighted by atomic mass is 9.90. The molecule has 3 aliphatic rings. The van der Waals surface area contributed by atoms with Crippen LogP contribution in [-0.2, 0) is 20.0 Å². The van der Waals surface area contributed by atoms with Crippen molar-refractivity contribution < 1.29 is 24.4 Å². The van der Waals surface area contributed by atoms with Gasteiger partial charge in [0.05, 0.1) is 25.4 Å². The first-order chi connectivity index (χ1) is 11.6. The fourth-order valence-electron chi connectivity index (χ4n) is 4.04. The zero-order valence-corrected chi connectivity index (χ0v) is 13.9. The van der Waals surface area contributed by atoms with Gasteiger partial charge < -0.3 is 24.4 Å². The van der Waals surface area contributed by atoms with Crippen molar-refractivity contribution in [1.82, 2.24) is 0 Å². The maximum absolute atomic E-state index is 10.3. The van der Waals surface area contributed by atoms with Gasteiger partial charge in [0.2, 0.25) is 5.79 Å². The van der Waals surface area contributed by atoms with Crippen LogP contribution in [0, 0.1) is 11.8 Å². The second-order valence-corrected chi connectivity index (χ2v) is 7.08. The molecule has 0 spiro atoms. The van der Waals surface area contributed by atoms with Crippen LogP contribution in [0.15, 0.2) is 36.4 Å². The summed E-state index contributed by atoms with van der Waals surface area (Å²) < 4.78 is 17.2. The van der Waals surface area contributed by atoms with Gasteiger partial charge in [-0.2, -0.15) is 0 Å². The Labute approximate surface area is 145 Å². The lowest BCUT2D eigenvalue weighted by Gasteiger charge is -2.26. The van der Waals surface area contributed by atoms with Crippen LogP contribution >= 0.6 is 11.6 Å². The molecule has 1 aliphatic carbocycles. The third kappa shape index (κ3) is 2.90. The van der Waals surface area contributed by atoms with Gasteiger partial charge in [-0.3, -0.25) is 0 Å². The summed E-state index contributed by atoms with van der Waals surface area (Å²) in [6, 6.07) is 7.38. The van der Waals surface area contributed by atoms with Crippen molar-refractivity contribution in [2.24, 2.45) is 11.8 Å². The molecule has 1 saturated carbocycles. The maximum Gasteiger partial charge on any atom is 0.215 e. The van der Waals surface area contributed by atoms with E-state index in [1.807, 2.05) is 24.3 Å². The molecule has 5 nitrogen and oxygen atoms in total. The van der Waals surface area contributed by atoms with Crippen molar-refractivity contribution in [3.63, 3.8) is 0 Å². The largest absolute Gasteiger partial charge is 0.392 e. The minimum atomic E-state index is -0.944. The number of benzene rings is 1. The third-order valence-electron chi connectivity index (χ3n) is 5.20. The van der Waals surface area contributed by atoms with Gasteiger partial charge in [-0.1, -0.05) is 29.8 Å². The number of aliphatic hydroxyl groups is 2. The normalized spacial score (nSPS) is 38.0. The molecule has 130 valence electrons. The molecule has 24 heavy (non-hydrogen) atoms. The van der Waals surface area contributed by atoms with Crippen LogP contribution in [-0.4, -0.2) is 41.9 Å². The number of rotatable bonds is 3. The molecule has 5 atom stereocenters. The van der Waals surface area contributed by atoms with Crippen LogP contribution in [0.1, 0.15) is 18.4 Å². The van der Waals surface area contributed by atoms with Gasteiger partial charge in [0.15, 0.2) is 6.29 Å². The van der Waals surface area contributed by atoms with Gasteiger partial charge in [0, 0.05) is 29.3 Å².